The van der Waals surface area contributed by atoms with E-state index in [9.17, 15) is 20.1 Å². The summed E-state index contributed by atoms with van der Waals surface area (Å²) in [5.74, 6) is 0.818. The second-order valence-corrected chi connectivity index (χ2v) is 12.1. The van der Waals surface area contributed by atoms with Crippen molar-refractivity contribution in [1.29, 1.82) is 0 Å². The summed E-state index contributed by atoms with van der Waals surface area (Å²) in [7, 11) is 0. The van der Waals surface area contributed by atoms with Gasteiger partial charge in [0, 0.05) is 6.42 Å². The first kappa shape index (κ1) is 22.5. The van der Waals surface area contributed by atoms with Crippen LogP contribution in [0.2, 0.25) is 0 Å². The molecule has 0 aromatic rings. The fraction of sp³-hybridized carbons (Fsp3) is 0.960. The first-order valence-electron chi connectivity index (χ1n) is 12.2. The van der Waals surface area contributed by atoms with Crippen molar-refractivity contribution in [2.45, 2.75) is 103 Å². The third-order valence-corrected chi connectivity index (χ3v) is 10.7. The second-order valence-electron chi connectivity index (χ2n) is 12.1. The quantitative estimate of drug-likeness (QED) is 0.552. The summed E-state index contributed by atoms with van der Waals surface area (Å²) in [5.41, 5.74) is -0.973. The Bertz CT molecular complexity index is 676. The Hall–Kier alpha value is -0.650. The lowest BCUT2D eigenvalue weighted by atomic mass is 9.41. The molecule has 0 aromatic heterocycles. The minimum atomic E-state index is -0.781. The number of aliphatic carboxylic acids is 1. The van der Waals surface area contributed by atoms with Gasteiger partial charge >= 0.3 is 5.97 Å². The van der Waals surface area contributed by atoms with Gasteiger partial charge in [-0.3, -0.25) is 4.79 Å². The molecule has 4 rings (SSSR count). The highest BCUT2D eigenvalue weighted by Gasteiger charge is 2.68. The summed E-state index contributed by atoms with van der Waals surface area (Å²) in [6, 6.07) is 0. The Morgan fingerprint density at radius 1 is 1.07 bits per heavy atom. The largest absolute Gasteiger partial charge is 0.481 e. The zero-order valence-electron chi connectivity index (χ0n) is 19.2. The van der Waals surface area contributed by atoms with E-state index in [1.54, 1.807) is 0 Å². The van der Waals surface area contributed by atoms with Gasteiger partial charge in [-0.05, 0) is 105 Å². The van der Waals surface area contributed by atoms with Gasteiger partial charge in [0.25, 0.3) is 0 Å². The van der Waals surface area contributed by atoms with E-state index in [1.807, 2.05) is 6.92 Å². The van der Waals surface area contributed by atoms with Crippen molar-refractivity contribution in [3.05, 3.63) is 0 Å². The number of rotatable bonds is 4. The molecule has 0 saturated heterocycles. The number of carboxylic acid groups (broad SMARTS) is 1. The third-order valence-electron chi connectivity index (χ3n) is 10.7. The van der Waals surface area contributed by atoms with Gasteiger partial charge in [0.15, 0.2) is 0 Å². The maximum Gasteiger partial charge on any atom is 0.303 e. The van der Waals surface area contributed by atoms with Crippen LogP contribution in [0.1, 0.15) is 85.5 Å². The van der Waals surface area contributed by atoms with Gasteiger partial charge in [-0.2, -0.15) is 0 Å². The predicted octanol–water partition coefficient (Wildman–Crippen LogP) is 3.84. The molecule has 0 spiro atoms. The molecule has 0 amide bonds. The molecule has 0 radical (unpaired) electrons. The molecule has 0 heterocycles. The lowest BCUT2D eigenvalue weighted by Gasteiger charge is -2.66. The van der Waals surface area contributed by atoms with Crippen LogP contribution in [0, 0.1) is 46.3 Å². The fourth-order valence-electron chi connectivity index (χ4n) is 9.07. The molecule has 0 aromatic carbocycles. The molecule has 172 valence electrons. The number of aliphatic hydroxyl groups is 3. The first-order valence-corrected chi connectivity index (χ1v) is 12.2. The number of carbonyl (C=O) groups is 1. The van der Waals surface area contributed by atoms with Crippen molar-refractivity contribution in [1.82, 2.24) is 0 Å². The van der Waals surface area contributed by atoms with E-state index in [0.29, 0.717) is 18.3 Å². The predicted molar refractivity (Wildman–Crippen MR) is 115 cm³/mol. The lowest BCUT2D eigenvalue weighted by molar-refractivity contribution is -0.237. The van der Waals surface area contributed by atoms with E-state index >= 15 is 0 Å². The summed E-state index contributed by atoms with van der Waals surface area (Å²) < 4.78 is 0. The average Bonchev–Trinajstić information content (AvgIpc) is 3.00. The Balaban J connectivity index is 1.65. The number of carboxylic acids is 1. The SMILES string of the molecule is C[C@H](CCC(=O)O)[C@H]1CC[C@H]2[C@H]3C(C[C@H](O)[C@]12C)[C@@]1(C)CC[C@@H](O)C[C@H]1C[C@@]3(C)O. The van der Waals surface area contributed by atoms with Crippen LogP contribution in [-0.4, -0.2) is 44.2 Å². The maximum absolute atomic E-state index is 11.7. The molecule has 4 aliphatic carbocycles. The standard InChI is InChI=1S/C25H42O5/c1-14(5-8-21(28)29)17-6-7-18-22-19(12-20(27)25(17,18)4)23(2)10-9-16(26)11-15(23)13-24(22,3)30/h14-20,22,26-27,30H,5-13H2,1-4H3,(H,28,29)/t14-,15+,16-,17-,18+,19?,20+,22+,23+,24-,25-/m1/s1. The van der Waals surface area contributed by atoms with Crippen LogP contribution in [0.4, 0.5) is 0 Å². The minimum Gasteiger partial charge on any atom is -0.481 e. The fourth-order valence-corrected chi connectivity index (χ4v) is 9.07. The van der Waals surface area contributed by atoms with Crippen LogP contribution in [-0.2, 0) is 4.79 Å². The Labute approximate surface area is 181 Å². The molecule has 0 bridgehead atoms. The van der Waals surface area contributed by atoms with Gasteiger partial charge in [0.2, 0.25) is 0 Å². The van der Waals surface area contributed by atoms with Crippen LogP contribution in [0.25, 0.3) is 0 Å². The first-order chi connectivity index (χ1) is 13.9. The van der Waals surface area contributed by atoms with Crippen LogP contribution in [0.15, 0.2) is 0 Å². The summed E-state index contributed by atoms with van der Waals surface area (Å²) in [6.45, 7) is 8.74. The molecule has 1 unspecified atom stereocenters. The smallest absolute Gasteiger partial charge is 0.303 e. The zero-order chi connectivity index (χ0) is 22.1. The van der Waals surface area contributed by atoms with E-state index in [4.69, 9.17) is 5.11 Å². The number of hydrogen-bond acceptors (Lipinski definition) is 4. The average molecular weight is 423 g/mol. The van der Waals surface area contributed by atoms with Crippen molar-refractivity contribution < 1.29 is 25.2 Å². The molecule has 30 heavy (non-hydrogen) atoms. The molecule has 4 N–H and O–H groups in total. The summed E-state index contributed by atoms with van der Waals surface area (Å²) in [5, 5.41) is 42.7. The van der Waals surface area contributed by atoms with Crippen LogP contribution < -0.4 is 0 Å². The lowest BCUT2D eigenvalue weighted by Crippen LogP contribution is -2.65. The molecule has 11 atom stereocenters. The number of fused-ring (bicyclic) bond motifs is 5. The molecule has 4 aliphatic rings. The molecule has 4 saturated carbocycles. The molecular formula is C25H42O5. The molecule has 5 nitrogen and oxygen atoms in total. The van der Waals surface area contributed by atoms with E-state index in [0.717, 1.165) is 44.9 Å². The highest BCUT2D eigenvalue weighted by atomic mass is 16.4. The van der Waals surface area contributed by atoms with Crippen LogP contribution in [0.5, 0.6) is 0 Å². The third kappa shape index (κ3) is 3.26. The van der Waals surface area contributed by atoms with E-state index in [1.165, 1.54) is 0 Å². The molecule has 4 fully saturated rings. The molecular weight excluding hydrogens is 380 g/mol. The monoisotopic (exact) mass is 422 g/mol. The zero-order valence-corrected chi connectivity index (χ0v) is 19.2. The highest BCUT2D eigenvalue weighted by molar-refractivity contribution is 5.66. The molecule has 5 heteroatoms. The minimum absolute atomic E-state index is 0.0709. The Kier molecular flexibility index (Phi) is 5.60. The van der Waals surface area contributed by atoms with Crippen molar-refractivity contribution in [3.8, 4) is 0 Å². The van der Waals surface area contributed by atoms with Crippen molar-refractivity contribution in [2.75, 3.05) is 0 Å². The Morgan fingerprint density at radius 3 is 2.43 bits per heavy atom. The van der Waals surface area contributed by atoms with Gasteiger partial charge in [0.1, 0.15) is 0 Å². The second kappa shape index (κ2) is 7.45. The van der Waals surface area contributed by atoms with E-state index in [-0.39, 0.29) is 47.0 Å². The van der Waals surface area contributed by atoms with Gasteiger partial charge in [-0.15, -0.1) is 0 Å². The highest BCUT2D eigenvalue weighted by Crippen LogP contribution is 2.70. The van der Waals surface area contributed by atoms with Crippen LogP contribution in [0.3, 0.4) is 0 Å². The Morgan fingerprint density at radius 2 is 1.77 bits per heavy atom. The van der Waals surface area contributed by atoms with Gasteiger partial charge in [0.05, 0.1) is 17.8 Å². The van der Waals surface area contributed by atoms with Gasteiger partial charge in [-0.25, -0.2) is 0 Å². The summed E-state index contributed by atoms with van der Waals surface area (Å²) in [6.07, 6.45) is 6.20. The van der Waals surface area contributed by atoms with Crippen molar-refractivity contribution in [2.24, 2.45) is 46.3 Å². The van der Waals surface area contributed by atoms with Gasteiger partial charge in [-0.1, -0.05) is 20.8 Å². The normalized spacial score (nSPS) is 54.0. The number of hydrogen-bond donors (Lipinski definition) is 4. The van der Waals surface area contributed by atoms with Crippen molar-refractivity contribution >= 4 is 5.97 Å². The van der Waals surface area contributed by atoms with E-state index < -0.39 is 17.7 Å². The number of aliphatic hydroxyl groups excluding tert-OH is 2. The summed E-state index contributed by atoms with van der Waals surface area (Å²) in [4.78, 5) is 11.1. The summed E-state index contributed by atoms with van der Waals surface area (Å²) >= 11 is 0. The maximum atomic E-state index is 11.7. The topological polar surface area (TPSA) is 98.0 Å². The van der Waals surface area contributed by atoms with Crippen LogP contribution >= 0.6 is 0 Å². The molecule has 0 aliphatic heterocycles. The van der Waals surface area contributed by atoms with E-state index in [2.05, 4.69) is 20.8 Å². The van der Waals surface area contributed by atoms with Gasteiger partial charge < -0.3 is 20.4 Å². The van der Waals surface area contributed by atoms with Crippen molar-refractivity contribution in [3.63, 3.8) is 0 Å².